The van der Waals surface area contributed by atoms with E-state index < -0.39 is 0 Å². The first-order valence-electron chi connectivity index (χ1n) is 13.7. The van der Waals surface area contributed by atoms with Crippen LogP contribution in [0.15, 0.2) is 0 Å². The molecule has 0 aliphatic heterocycles. The van der Waals surface area contributed by atoms with Crippen LogP contribution >= 0.6 is 0 Å². The van der Waals surface area contributed by atoms with Crippen molar-refractivity contribution in [1.82, 2.24) is 5.32 Å². The van der Waals surface area contributed by atoms with Crippen molar-refractivity contribution in [2.24, 2.45) is 0 Å². The molecule has 0 unspecified atom stereocenters. The fraction of sp³-hybridized carbons (Fsp3) is 0.828. The van der Waals surface area contributed by atoms with Gasteiger partial charge >= 0.3 is 0 Å². The molecular formula is C29H51NO3. The highest BCUT2D eigenvalue weighted by Gasteiger charge is 2.00. The largest absolute Gasteiger partial charge is 0.394 e. The third-order valence-electron chi connectivity index (χ3n) is 5.65. The van der Waals surface area contributed by atoms with Gasteiger partial charge in [0, 0.05) is 25.8 Å². The number of unbranched alkanes of at least 4 members (excludes halogenated alkanes) is 16. The monoisotopic (exact) mass is 461 g/mol. The van der Waals surface area contributed by atoms with Crippen LogP contribution in [-0.4, -0.2) is 37.4 Å². The van der Waals surface area contributed by atoms with Crippen LogP contribution < -0.4 is 5.32 Å². The minimum atomic E-state index is 0.0219. The Morgan fingerprint density at radius 1 is 0.697 bits per heavy atom. The normalized spacial score (nSPS) is 10.2. The van der Waals surface area contributed by atoms with Gasteiger partial charge in [0.2, 0.25) is 5.91 Å². The molecule has 0 aromatic carbocycles. The molecule has 0 fully saturated rings. The Balaban J connectivity index is 3.30. The minimum Gasteiger partial charge on any atom is -0.394 e. The Kier molecular flexibility index (Phi) is 27.3. The average Bonchev–Trinajstić information content (AvgIpc) is 2.82. The van der Waals surface area contributed by atoms with Crippen LogP contribution in [0.5, 0.6) is 0 Å². The Morgan fingerprint density at radius 3 is 1.70 bits per heavy atom. The van der Waals surface area contributed by atoms with Crippen LogP contribution in [0, 0.1) is 23.7 Å². The van der Waals surface area contributed by atoms with Crippen molar-refractivity contribution in [2.75, 3.05) is 26.4 Å². The SMILES string of the molecule is CCCCCCCCCCCCC#CC#CCCCCCCCCC(=O)NCCOCCO. The molecule has 0 rings (SSSR count). The minimum absolute atomic E-state index is 0.0219. The van der Waals surface area contributed by atoms with Crippen LogP contribution in [0.1, 0.15) is 129 Å². The molecule has 2 N–H and O–H groups in total. The lowest BCUT2D eigenvalue weighted by atomic mass is 10.1. The van der Waals surface area contributed by atoms with Gasteiger partial charge in [-0.15, -0.1) is 0 Å². The number of hydrogen-bond acceptors (Lipinski definition) is 3. The molecule has 0 aromatic rings. The summed E-state index contributed by atoms with van der Waals surface area (Å²) in [7, 11) is 0. The lowest BCUT2D eigenvalue weighted by molar-refractivity contribution is -0.121. The fourth-order valence-electron chi connectivity index (χ4n) is 3.64. The Hall–Kier alpha value is -1.49. The van der Waals surface area contributed by atoms with Gasteiger partial charge in [-0.3, -0.25) is 4.79 Å². The van der Waals surface area contributed by atoms with Crippen molar-refractivity contribution in [3.05, 3.63) is 0 Å². The van der Waals surface area contributed by atoms with E-state index in [2.05, 4.69) is 35.9 Å². The van der Waals surface area contributed by atoms with Gasteiger partial charge in [0.1, 0.15) is 0 Å². The zero-order valence-electron chi connectivity index (χ0n) is 21.5. The number of ether oxygens (including phenoxy) is 1. The maximum absolute atomic E-state index is 11.6. The zero-order chi connectivity index (χ0) is 24.1. The summed E-state index contributed by atoms with van der Waals surface area (Å²) in [5.41, 5.74) is 0. The summed E-state index contributed by atoms with van der Waals surface area (Å²) in [4.78, 5) is 11.6. The lowest BCUT2D eigenvalue weighted by Gasteiger charge is -2.05. The topological polar surface area (TPSA) is 58.6 Å². The van der Waals surface area contributed by atoms with Crippen molar-refractivity contribution < 1.29 is 14.6 Å². The van der Waals surface area contributed by atoms with E-state index in [1.165, 1.54) is 83.5 Å². The summed E-state index contributed by atoms with van der Waals surface area (Å²) < 4.78 is 5.10. The van der Waals surface area contributed by atoms with E-state index in [1.54, 1.807) is 0 Å². The number of aliphatic hydroxyl groups is 1. The maximum Gasteiger partial charge on any atom is 0.220 e. The fourth-order valence-corrected chi connectivity index (χ4v) is 3.64. The van der Waals surface area contributed by atoms with Crippen LogP contribution in [0.25, 0.3) is 0 Å². The number of hydrogen-bond donors (Lipinski definition) is 2. The summed E-state index contributed by atoms with van der Waals surface area (Å²) in [6.45, 7) is 3.60. The predicted octanol–water partition coefficient (Wildman–Crippen LogP) is 6.55. The molecule has 1 amide bonds. The molecule has 0 saturated heterocycles. The molecule has 0 bridgehead atoms. The van der Waals surface area contributed by atoms with E-state index in [1.807, 2.05) is 0 Å². The third-order valence-corrected chi connectivity index (χ3v) is 5.65. The molecule has 0 heterocycles. The van der Waals surface area contributed by atoms with E-state index in [9.17, 15) is 4.79 Å². The van der Waals surface area contributed by atoms with Gasteiger partial charge in [0.05, 0.1) is 19.8 Å². The molecule has 0 spiro atoms. The molecule has 190 valence electrons. The van der Waals surface area contributed by atoms with Crippen LogP contribution in [0.2, 0.25) is 0 Å². The average molecular weight is 462 g/mol. The maximum atomic E-state index is 11.6. The van der Waals surface area contributed by atoms with Gasteiger partial charge in [0.15, 0.2) is 0 Å². The van der Waals surface area contributed by atoms with Crippen LogP contribution in [0.4, 0.5) is 0 Å². The molecule has 0 aromatic heterocycles. The lowest BCUT2D eigenvalue weighted by Crippen LogP contribution is -2.27. The predicted molar refractivity (Wildman–Crippen MR) is 140 cm³/mol. The highest BCUT2D eigenvalue weighted by atomic mass is 16.5. The second-order valence-corrected chi connectivity index (χ2v) is 8.84. The van der Waals surface area contributed by atoms with Crippen LogP contribution in [0.3, 0.4) is 0 Å². The van der Waals surface area contributed by atoms with Gasteiger partial charge in [-0.25, -0.2) is 0 Å². The smallest absolute Gasteiger partial charge is 0.220 e. The van der Waals surface area contributed by atoms with E-state index in [-0.39, 0.29) is 12.5 Å². The highest BCUT2D eigenvalue weighted by Crippen LogP contribution is 2.11. The molecule has 4 heteroatoms. The molecule has 0 aliphatic rings. The Bertz CT molecular complexity index is 539. The standard InChI is InChI=1S/C29H51NO3/c1-2-3-4-5-6-7-8-9-10-11-12-13-14-15-16-17-18-19-20-21-22-23-24-29(32)30-25-27-33-28-26-31/h31H,2-12,17-28H2,1H3,(H,30,32). The summed E-state index contributed by atoms with van der Waals surface area (Å²) in [6, 6.07) is 0. The molecule has 0 radical (unpaired) electrons. The Labute approximate surface area is 205 Å². The first kappa shape index (κ1) is 31.5. The summed E-state index contributed by atoms with van der Waals surface area (Å²) in [6.07, 6.45) is 22.9. The van der Waals surface area contributed by atoms with E-state index in [0.29, 0.717) is 26.2 Å². The van der Waals surface area contributed by atoms with E-state index in [0.717, 1.165) is 32.1 Å². The van der Waals surface area contributed by atoms with Gasteiger partial charge < -0.3 is 15.2 Å². The molecule has 33 heavy (non-hydrogen) atoms. The Morgan fingerprint density at radius 2 is 1.18 bits per heavy atom. The third kappa shape index (κ3) is 28.5. The van der Waals surface area contributed by atoms with Gasteiger partial charge in [-0.1, -0.05) is 102 Å². The number of carbonyl (C=O) groups is 1. The van der Waals surface area contributed by atoms with Gasteiger partial charge in [-0.2, -0.15) is 0 Å². The van der Waals surface area contributed by atoms with Crippen molar-refractivity contribution >= 4 is 5.91 Å². The number of amides is 1. The van der Waals surface area contributed by atoms with Gasteiger partial charge in [0.25, 0.3) is 0 Å². The molecule has 0 saturated carbocycles. The second kappa shape index (κ2) is 28.5. The first-order chi connectivity index (χ1) is 16.3. The second-order valence-electron chi connectivity index (χ2n) is 8.84. The molecular weight excluding hydrogens is 410 g/mol. The first-order valence-corrected chi connectivity index (χ1v) is 13.7. The van der Waals surface area contributed by atoms with Crippen molar-refractivity contribution in [2.45, 2.75) is 129 Å². The van der Waals surface area contributed by atoms with Crippen molar-refractivity contribution in [3.8, 4) is 23.7 Å². The van der Waals surface area contributed by atoms with Crippen LogP contribution in [-0.2, 0) is 9.53 Å². The van der Waals surface area contributed by atoms with Gasteiger partial charge in [-0.05, 0) is 31.1 Å². The number of carbonyl (C=O) groups excluding carboxylic acids is 1. The number of nitrogens with one attached hydrogen (secondary N) is 1. The highest BCUT2D eigenvalue weighted by molar-refractivity contribution is 5.75. The number of rotatable bonds is 23. The van der Waals surface area contributed by atoms with Crippen molar-refractivity contribution in [1.29, 1.82) is 0 Å². The van der Waals surface area contributed by atoms with E-state index in [4.69, 9.17) is 9.84 Å². The summed E-state index contributed by atoms with van der Waals surface area (Å²) >= 11 is 0. The quantitative estimate of drug-likeness (QED) is 0.134. The molecule has 0 atom stereocenters. The molecule has 0 aliphatic carbocycles. The van der Waals surface area contributed by atoms with E-state index >= 15 is 0 Å². The van der Waals surface area contributed by atoms with Crippen molar-refractivity contribution in [3.63, 3.8) is 0 Å². The molecule has 4 nitrogen and oxygen atoms in total. The summed E-state index contributed by atoms with van der Waals surface area (Å²) in [5, 5.41) is 11.4. The zero-order valence-corrected chi connectivity index (χ0v) is 21.5. The summed E-state index contributed by atoms with van der Waals surface area (Å²) in [5.74, 6) is 12.5. The number of aliphatic hydroxyl groups excluding tert-OH is 1.